The second-order valence-corrected chi connectivity index (χ2v) is 4.95. The molecule has 1 aromatic carbocycles. The maximum absolute atomic E-state index is 11.1. The minimum Gasteiger partial charge on any atom is -0.409 e. The maximum atomic E-state index is 11.1. The van der Waals surface area contributed by atoms with Crippen LogP contribution >= 0.6 is 0 Å². The van der Waals surface area contributed by atoms with Crippen LogP contribution in [0.5, 0.6) is 0 Å². The van der Waals surface area contributed by atoms with E-state index >= 15 is 0 Å². The van der Waals surface area contributed by atoms with E-state index in [1.54, 1.807) is 0 Å². The zero-order chi connectivity index (χ0) is 14.4. The largest absolute Gasteiger partial charge is 0.409 e. The van der Waals surface area contributed by atoms with Crippen molar-refractivity contribution in [2.24, 2.45) is 10.9 Å². The summed E-state index contributed by atoms with van der Waals surface area (Å²) in [6.45, 7) is 1.25. The fourth-order valence-electron chi connectivity index (χ4n) is 2.38. The molecule has 0 aliphatic carbocycles. The second kappa shape index (κ2) is 6.91. The molecule has 2 rings (SSSR count). The lowest BCUT2D eigenvalue weighted by Gasteiger charge is -2.18. The fourth-order valence-corrected chi connectivity index (χ4v) is 2.38. The van der Waals surface area contributed by atoms with Crippen LogP contribution in [-0.4, -0.2) is 36.1 Å². The quantitative estimate of drug-likeness (QED) is 0.261. The van der Waals surface area contributed by atoms with Crippen LogP contribution in [-0.2, 0) is 4.79 Å². The number of benzene rings is 1. The molecule has 5 N–H and O–H groups in total. The second-order valence-electron chi connectivity index (χ2n) is 4.95. The van der Waals surface area contributed by atoms with Gasteiger partial charge in [0.05, 0.1) is 5.92 Å². The third kappa shape index (κ3) is 3.71. The SMILES string of the molecule is NC(=NO)C(CNCC1CCC(=O)N1)c1ccccc1. The van der Waals surface area contributed by atoms with Crippen LogP contribution in [0.15, 0.2) is 35.5 Å². The summed E-state index contributed by atoms with van der Waals surface area (Å²) in [5, 5.41) is 18.2. The first-order valence-electron chi connectivity index (χ1n) is 6.73. The summed E-state index contributed by atoms with van der Waals surface area (Å²) in [6, 6.07) is 9.83. The van der Waals surface area contributed by atoms with Gasteiger partial charge in [0.2, 0.25) is 5.91 Å². The molecule has 1 aliphatic rings. The molecule has 0 radical (unpaired) electrons. The van der Waals surface area contributed by atoms with Gasteiger partial charge in [0.15, 0.2) is 0 Å². The molecule has 2 unspecified atom stereocenters. The molecule has 1 aromatic rings. The standard InChI is InChI=1S/C14H20N4O2/c15-14(18-20)12(10-4-2-1-3-5-10)9-16-8-11-6-7-13(19)17-11/h1-5,11-12,16,20H,6-9H2,(H2,15,18)(H,17,19). The van der Waals surface area contributed by atoms with Gasteiger partial charge < -0.3 is 21.6 Å². The highest BCUT2D eigenvalue weighted by molar-refractivity contribution is 5.87. The molecule has 0 bridgehead atoms. The zero-order valence-corrected chi connectivity index (χ0v) is 11.2. The summed E-state index contributed by atoms with van der Waals surface area (Å²) in [5.74, 6) is 0.102. The van der Waals surface area contributed by atoms with E-state index in [-0.39, 0.29) is 23.7 Å². The van der Waals surface area contributed by atoms with Crippen LogP contribution in [0.4, 0.5) is 0 Å². The van der Waals surface area contributed by atoms with Crippen LogP contribution in [0, 0.1) is 0 Å². The van der Waals surface area contributed by atoms with E-state index < -0.39 is 0 Å². The van der Waals surface area contributed by atoms with Gasteiger partial charge in [-0.25, -0.2) is 0 Å². The number of nitrogens with one attached hydrogen (secondary N) is 2. The Labute approximate surface area is 118 Å². The Morgan fingerprint density at radius 3 is 2.85 bits per heavy atom. The number of carbonyl (C=O) groups is 1. The normalized spacial score (nSPS) is 20.7. The van der Waals surface area contributed by atoms with Crippen LogP contribution in [0.1, 0.15) is 24.3 Å². The van der Waals surface area contributed by atoms with Crippen molar-refractivity contribution in [3.05, 3.63) is 35.9 Å². The zero-order valence-electron chi connectivity index (χ0n) is 11.2. The van der Waals surface area contributed by atoms with Gasteiger partial charge >= 0.3 is 0 Å². The Morgan fingerprint density at radius 1 is 1.50 bits per heavy atom. The molecular weight excluding hydrogens is 256 g/mol. The number of hydrogen-bond donors (Lipinski definition) is 4. The van der Waals surface area contributed by atoms with Gasteiger partial charge in [-0.1, -0.05) is 35.5 Å². The van der Waals surface area contributed by atoms with Crippen molar-refractivity contribution in [3.8, 4) is 0 Å². The highest BCUT2D eigenvalue weighted by Crippen LogP contribution is 2.15. The number of amides is 1. The monoisotopic (exact) mass is 276 g/mol. The molecule has 20 heavy (non-hydrogen) atoms. The molecule has 6 nitrogen and oxygen atoms in total. The van der Waals surface area contributed by atoms with Crippen molar-refractivity contribution in [2.75, 3.05) is 13.1 Å². The Balaban J connectivity index is 1.90. The third-order valence-electron chi connectivity index (χ3n) is 3.50. The van der Waals surface area contributed by atoms with Gasteiger partial charge in [-0.3, -0.25) is 4.79 Å². The minimum atomic E-state index is -0.182. The lowest BCUT2D eigenvalue weighted by molar-refractivity contribution is -0.119. The van der Waals surface area contributed by atoms with Crippen molar-refractivity contribution in [2.45, 2.75) is 24.8 Å². The van der Waals surface area contributed by atoms with Crippen LogP contribution in [0.25, 0.3) is 0 Å². The number of carbonyl (C=O) groups excluding carboxylic acids is 1. The Bertz CT molecular complexity index is 475. The first-order chi connectivity index (χ1) is 9.70. The summed E-state index contributed by atoms with van der Waals surface area (Å²) in [6.07, 6.45) is 1.44. The van der Waals surface area contributed by atoms with Crippen molar-refractivity contribution in [1.29, 1.82) is 0 Å². The topological polar surface area (TPSA) is 99.7 Å². The number of nitrogens with zero attached hydrogens (tertiary/aromatic N) is 1. The summed E-state index contributed by atoms with van der Waals surface area (Å²) in [4.78, 5) is 11.1. The average Bonchev–Trinajstić information content (AvgIpc) is 2.89. The molecular formula is C14H20N4O2. The first-order valence-corrected chi connectivity index (χ1v) is 6.73. The van der Waals surface area contributed by atoms with E-state index in [9.17, 15) is 4.79 Å². The number of amidine groups is 1. The summed E-state index contributed by atoms with van der Waals surface area (Å²) in [5.41, 5.74) is 6.75. The summed E-state index contributed by atoms with van der Waals surface area (Å²) >= 11 is 0. The lowest BCUT2D eigenvalue weighted by Crippen LogP contribution is -2.39. The van der Waals surface area contributed by atoms with Crippen molar-refractivity contribution >= 4 is 11.7 Å². The molecule has 1 fully saturated rings. The van der Waals surface area contributed by atoms with Crippen LogP contribution < -0.4 is 16.4 Å². The van der Waals surface area contributed by atoms with Gasteiger partial charge in [-0.2, -0.15) is 0 Å². The minimum absolute atomic E-state index is 0.104. The van der Waals surface area contributed by atoms with Gasteiger partial charge in [0.25, 0.3) is 0 Å². The molecule has 0 saturated carbocycles. The molecule has 1 heterocycles. The molecule has 1 amide bonds. The van der Waals surface area contributed by atoms with Crippen molar-refractivity contribution in [3.63, 3.8) is 0 Å². The Morgan fingerprint density at radius 2 is 2.25 bits per heavy atom. The van der Waals surface area contributed by atoms with Crippen LogP contribution in [0.3, 0.4) is 0 Å². The van der Waals surface area contributed by atoms with E-state index in [0.717, 1.165) is 12.0 Å². The predicted molar refractivity (Wildman–Crippen MR) is 76.6 cm³/mol. The third-order valence-corrected chi connectivity index (χ3v) is 3.50. The summed E-state index contributed by atoms with van der Waals surface area (Å²) in [7, 11) is 0. The Hall–Kier alpha value is -2.08. The van der Waals surface area contributed by atoms with Crippen LogP contribution in [0.2, 0.25) is 0 Å². The predicted octanol–water partition coefficient (Wildman–Crippen LogP) is 0.385. The molecule has 1 aliphatic heterocycles. The molecule has 0 aromatic heterocycles. The molecule has 2 atom stereocenters. The molecule has 6 heteroatoms. The van der Waals surface area contributed by atoms with E-state index in [2.05, 4.69) is 15.8 Å². The molecule has 0 spiro atoms. The van der Waals surface area contributed by atoms with E-state index in [1.165, 1.54) is 0 Å². The van der Waals surface area contributed by atoms with Crippen molar-refractivity contribution in [1.82, 2.24) is 10.6 Å². The van der Waals surface area contributed by atoms with E-state index in [1.807, 2.05) is 30.3 Å². The van der Waals surface area contributed by atoms with Crippen molar-refractivity contribution < 1.29 is 10.0 Å². The van der Waals surface area contributed by atoms with Gasteiger partial charge in [-0.15, -0.1) is 0 Å². The van der Waals surface area contributed by atoms with Gasteiger partial charge in [0, 0.05) is 25.6 Å². The van der Waals surface area contributed by atoms with E-state index in [0.29, 0.717) is 19.5 Å². The number of hydrogen-bond acceptors (Lipinski definition) is 4. The number of rotatable bonds is 6. The summed E-state index contributed by atoms with van der Waals surface area (Å²) < 4.78 is 0. The highest BCUT2D eigenvalue weighted by Gasteiger charge is 2.21. The number of oxime groups is 1. The number of nitrogens with two attached hydrogens (primary N) is 1. The average molecular weight is 276 g/mol. The lowest BCUT2D eigenvalue weighted by atomic mass is 9.98. The highest BCUT2D eigenvalue weighted by atomic mass is 16.4. The first kappa shape index (κ1) is 14.3. The molecule has 1 saturated heterocycles. The maximum Gasteiger partial charge on any atom is 0.220 e. The molecule has 108 valence electrons. The van der Waals surface area contributed by atoms with Gasteiger partial charge in [-0.05, 0) is 12.0 Å². The smallest absolute Gasteiger partial charge is 0.220 e. The van der Waals surface area contributed by atoms with E-state index in [4.69, 9.17) is 10.9 Å². The van der Waals surface area contributed by atoms with Gasteiger partial charge in [0.1, 0.15) is 5.84 Å². The fraction of sp³-hybridized carbons (Fsp3) is 0.429. The Kier molecular flexibility index (Phi) is 4.95.